The Labute approximate surface area is 143 Å². The van der Waals surface area contributed by atoms with E-state index in [9.17, 15) is 9.59 Å². The summed E-state index contributed by atoms with van der Waals surface area (Å²) in [6.45, 7) is 4.29. The van der Waals surface area contributed by atoms with Crippen LogP contribution in [0.2, 0.25) is 0 Å². The van der Waals surface area contributed by atoms with Gasteiger partial charge in [-0.25, -0.2) is 0 Å². The summed E-state index contributed by atoms with van der Waals surface area (Å²) in [6, 6.07) is 3.69. The topological polar surface area (TPSA) is 71.1 Å². The number of hydrogen-bond donors (Lipinski definition) is 0. The first-order valence-electron chi connectivity index (χ1n) is 8.10. The van der Waals surface area contributed by atoms with Crippen LogP contribution in [0, 0.1) is 0 Å². The van der Waals surface area contributed by atoms with E-state index in [-0.39, 0.29) is 24.8 Å². The molecule has 1 aromatic carbocycles. The number of carbonyl (C=O) groups is 2. The van der Waals surface area contributed by atoms with E-state index in [1.54, 1.807) is 28.1 Å². The Morgan fingerprint density at radius 2 is 1.17 bits per heavy atom. The van der Waals surface area contributed by atoms with Crippen molar-refractivity contribution in [2.24, 2.45) is 0 Å². The van der Waals surface area contributed by atoms with Crippen molar-refractivity contribution in [1.82, 2.24) is 0 Å². The lowest BCUT2D eigenvalue weighted by Gasteiger charge is -2.15. The van der Waals surface area contributed by atoms with Crippen LogP contribution in [-0.4, -0.2) is 39.4 Å². The van der Waals surface area contributed by atoms with Gasteiger partial charge in [-0.3, -0.25) is 9.59 Å². The third kappa shape index (κ3) is 6.10. The van der Waals surface area contributed by atoms with Gasteiger partial charge < -0.3 is 18.9 Å². The predicted molar refractivity (Wildman–Crippen MR) is 89.5 cm³/mol. The van der Waals surface area contributed by atoms with Crippen molar-refractivity contribution in [2.75, 3.05) is 27.4 Å². The van der Waals surface area contributed by atoms with Crippen LogP contribution >= 0.6 is 0 Å². The summed E-state index contributed by atoms with van der Waals surface area (Å²) < 4.78 is 20.7. The fourth-order valence-corrected chi connectivity index (χ4v) is 2.35. The number of aryl methyl sites for hydroxylation is 2. The van der Waals surface area contributed by atoms with Crippen molar-refractivity contribution in [2.45, 2.75) is 39.5 Å². The molecular weight excluding hydrogens is 312 g/mol. The number of hydrogen-bond acceptors (Lipinski definition) is 6. The van der Waals surface area contributed by atoms with Crippen molar-refractivity contribution < 1.29 is 28.5 Å². The Kier molecular flexibility index (Phi) is 8.68. The van der Waals surface area contributed by atoms with E-state index < -0.39 is 0 Å². The Morgan fingerprint density at radius 3 is 1.46 bits per heavy atom. The average Bonchev–Trinajstić information content (AvgIpc) is 2.58. The first-order chi connectivity index (χ1) is 11.5. The van der Waals surface area contributed by atoms with Crippen molar-refractivity contribution in [3.05, 3.63) is 23.3 Å². The molecule has 6 nitrogen and oxygen atoms in total. The van der Waals surface area contributed by atoms with Crippen LogP contribution in [0.25, 0.3) is 0 Å². The molecule has 6 heteroatoms. The molecule has 0 aromatic heterocycles. The summed E-state index contributed by atoms with van der Waals surface area (Å²) in [6.07, 6.45) is 1.54. The second-order valence-corrected chi connectivity index (χ2v) is 5.09. The van der Waals surface area contributed by atoms with Crippen LogP contribution in [0.5, 0.6) is 11.5 Å². The number of methoxy groups -OCH3 is 2. The molecule has 0 unspecified atom stereocenters. The van der Waals surface area contributed by atoms with Crippen molar-refractivity contribution >= 4 is 11.9 Å². The fraction of sp³-hybridized carbons (Fsp3) is 0.556. The third-order valence-corrected chi connectivity index (χ3v) is 3.49. The Bertz CT molecular complexity index is 503. The molecule has 0 bridgehead atoms. The van der Waals surface area contributed by atoms with E-state index in [0.29, 0.717) is 37.6 Å². The van der Waals surface area contributed by atoms with Crippen LogP contribution in [0.4, 0.5) is 0 Å². The maximum Gasteiger partial charge on any atom is 0.306 e. The zero-order chi connectivity index (χ0) is 17.9. The predicted octanol–water partition coefficient (Wildman–Crippen LogP) is 2.70. The first-order valence-corrected chi connectivity index (χ1v) is 8.10. The molecule has 1 rings (SSSR count). The largest absolute Gasteiger partial charge is 0.496 e. The molecule has 0 N–H and O–H groups in total. The maximum atomic E-state index is 11.5. The third-order valence-electron chi connectivity index (χ3n) is 3.49. The lowest BCUT2D eigenvalue weighted by molar-refractivity contribution is -0.144. The highest BCUT2D eigenvalue weighted by molar-refractivity contribution is 5.70. The second kappa shape index (κ2) is 10.5. The van der Waals surface area contributed by atoms with Gasteiger partial charge in [0.25, 0.3) is 0 Å². The summed E-state index contributed by atoms with van der Waals surface area (Å²) in [5, 5.41) is 0. The molecule has 0 saturated carbocycles. The molecule has 0 aliphatic carbocycles. The molecule has 0 aliphatic heterocycles. The summed E-state index contributed by atoms with van der Waals surface area (Å²) in [5.74, 6) is 0.840. The van der Waals surface area contributed by atoms with Crippen molar-refractivity contribution in [1.29, 1.82) is 0 Å². The van der Waals surface area contributed by atoms with Gasteiger partial charge >= 0.3 is 11.9 Å². The van der Waals surface area contributed by atoms with Gasteiger partial charge in [0, 0.05) is 12.8 Å². The zero-order valence-electron chi connectivity index (χ0n) is 14.8. The van der Waals surface area contributed by atoms with E-state index in [4.69, 9.17) is 18.9 Å². The number of carbonyl (C=O) groups excluding carboxylic acids is 2. The van der Waals surface area contributed by atoms with Gasteiger partial charge in [-0.2, -0.15) is 0 Å². The lowest BCUT2D eigenvalue weighted by Crippen LogP contribution is -2.08. The molecule has 0 fully saturated rings. The van der Waals surface area contributed by atoms with Gasteiger partial charge in [0.05, 0.1) is 27.4 Å². The molecule has 0 saturated heterocycles. The quantitative estimate of drug-likeness (QED) is 0.611. The Hall–Kier alpha value is -2.24. The molecule has 134 valence electrons. The van der Waals surface area contributed by atoms with Crippen LogP contribution in [0.15, 0.2) is 12.1 Å². The standard InChI is InChI=1S/C18H26O6/c1-5-23-17(19)9-7-13-11-16(22-4)14(12-15(13)21-3)8-10-18(20)24-6-2/h11-12H,5-10H2,1-4H3. The molecule has 0 radical (unpaired) electrons. The normalized spacial score (nSPS) is 10.2. The van der Waals surface area contributed by atoms with E-state index in [0.717, 1.165) is 11.1 Å². The monoisotopic (exact) mass is 338 g/mol. The van der Waals surface area contributed by atoms with Gasteiger partial charge in [0.2, 0.25) is 0 Å². The SMILES string of the molecule is CCOC(=O)CCc1cc(OC)c(CCC(=O)OCC)cc1OC. The number of ether oxygens (including phenoxy) is 4. The van der Waals surface area contributed by atoms with E-state index in [1.807, 2.05) is 12.1 Å². The number of rotatable bonds is 10. The van der Waals surface area contributed by atoms with Crippen LogP contribution in [-0.2, 0) is 31.9 Å². The molecule has 1 aromatic rings. The van der Waals surface area contributed by atoms with Gasteiger partial charge in [0.1, 0.15) is 11.5 Å². The van der Waals surface area contributed by atoms with Crippen molar-refractivity contribution in [3.63, 3.8) is 0 Å². The minimum absolute atomic E-state index is 0.245. The van der Waals surface area contributed by atoms with Crippen molar-refractivity contribution in [3.8, 4) is 11.5 Å². The number of benzene rings is 1. The minimum atomic E-state index is -0.245. The first kappa shape index (κ1) is 19.8. The maximum absolute atomic E-state index is 11.5. The smallest absolute Gasteiger partial charge is 0.306 e. The van der Waals surface area contributed by atoms with Crippen LogP contribution in [0.1, 0.15) is 37.8 Å². The average molecular weight is 338 g/mol. The Morgan fingerprint density at radius 1 is 0.792 bits per heavy atom. The minimum Gasteiger partial charge on any atom is -0.496 e. The molecule has 0 spiro atoms. The van der Waals surface area contributed by atoms with Gasteiger partial charge in [0.15, 0.2) is 0 Å². The second-order valence-electron chi connectivity index (χ2n) is 5.09. The fourth-order valence-electron chi connectivity index (χ4n) is 2.35. The zero-order valence-corrected chi connectivity index (χ0v) is 14.8. The molecule has 24 heavy (non-hydrogen) atoms. The van der Waals surface area contributed by atoms with Gasteiger partial charge in [-0.1, -0.05) is 0 Å². The summed E-state index contributed by atoms with van der Waals surface area (Å²) >= 11 is 0. The summed E-state index contributed by atoms with van der Waals surface area (Å²) in [4.78, 5) is 23.1. The highest BCUT2D eigenvalue weighted by atomic mass is 16.5. The van der Waals surface area contributed by atoms with E-state index in [1.165, 1.54) is 0 Å². The molecule has 0 heterocycles. The van der Waals surface area contributed by atoms with Crippen LogP contribution < -0.4 is 9.47 Å². The molecular formula is C18H26O6. The van der Waals surface area contributed by atoms with Gasteiger partial charge in [-0.05, 0) is 49.9 Å². The summed E-state index contributed by atoms with van der Waals surface area (Å²) in [5.41, 5.74) is 1.73. The summed E-state index contributed by atoms with van der Waals surface area (Å²) in [7, 11) is 3.15. The molecule has 0 aliphatic rings. The van der Waals surface area contributed by atoms with E-state index in [2.05, 4.69) is 0 Å². The number of esters is 2. The Balaban J connectivity index is 2.87. The highest BCUT2D eigenvalue weighted by Crippen LogP contribution is 2.30. The molecule has 0 amide bonds. The van der Waals surface area contributed by atoms with Gasteiger partial charge in [-0.15, -0.1) is 0 Å². The lowest BCUT2D eigenvalue weighted by atomic mass is 10.0. The highest BCUT2D eigenvalue weighted by Gasteiger charge is 2.14. The molecule has 0 atom stereocenters. The van der Waals surface area contributed by atoms with E-state index >= 15 is 0 Å². The van der Waals surface area contributed by atoms with Crippen LogP contribution in [0.3, 0.4) is 0 Å².